The van der Waals surface area contributed by atoms with Gasteiger partial charge in [0.15, 0.2) is 11.5 Å². The van der Waals surface area contributed by atoms with Gasteiger partial charge >= 0.3 is 0 Å². The van der Waals surface area contributed by atoms with Crippen molar-refractivity contribution in [1.29, 1.82) is 0 Å². The molecular weight excluding hydrogens is 330 g/mol. The van der Waals surface area contributed by atoms with E-state index < -0.39 is 0 Å². The van der Waals surface area contributed by atoms with Crippen LogP contribution in [0.15, 0.2) is 18.2 Å². The number of unbranched alkanes of at least 4 members (excludes halogenated alkanes) is 1. The highest BCUT2D eigenvalue weighted by atomic mass is 16.5. The lowest BCUT2D eigenvalue weighted by Gasteiger charge is -2.32. The minimum Gasteiger partial charge on any atom is -0.493 e. The molecule has 1 N–H and O–H groups in total. The van der Waals surface area contributed by atoms with E-state index in [2.05, 4.69) is 29.1 Å². The van der Waals surface area contributed by atoms with Crippen LogP contribution in [0.4, 0.5) is 0 Å². The van der Waals surface area contributed by atoms with Crippen LogP contribution in [0.5, 0.6) is 11.5 Å². The number of carbonyl (C=O) groups is 1. The summed E-state index contributed by atoms with van der Waals surface area (Å²) >= 11 is 0. The van der Waals surface area contributed by atoms with Crippen LogP contribution in [-0.2, 0) is 0 Å². The number of nitrogens with zero attached hydrogens (tertiary/aromatic N) is 2. The Morgan fingerprint density at radius 3 is 2.62 bits per heavy atom. The molecule has 0 atom stereocenters. The van der Waals surface area contributed by atoms with Crippen LogP contribution in [0.3, 0.4) is 0 Å². The van der Waals surface area contributed by atoms with E-state index >= 15 is 0 Å². The normalized spacial score (nSPS) is 15.7. The molecule has 1 aliphatic heterocycles. The van der Waals surface area contributed by atoms with Gasteiger partial charge < -0.3 is 24.6 Å². The van der Waals surface area contributed by atoms with Crippen molar-refractivity contribution in [3.63, 3.8) is 0 Å². The highest BCUT2D eigenvalue weighted by molar-refractivity contribution is 5.94. The van der Waals surface area contributed by atoms with E-state index in [9.17, 15) is 4.79 Å². The highest BCUT2D eigenvalue weighted by Crippen LogP contribution is 2.28. The Balaban J connectivity index is 1.75. The topological polar surface area (TPSA) is 54.0 Å². The minimum absolute atomic E-state index is 0.0678. The summed E-state index contributed by atoms with van der Waals surface area (Å²) < 4.78 is 11.1. The number of ether oxygens (including phenoxy) is 2. The fourth-order valence-corrected chi connectivity index (χ4v) is 2.93. The highest BCUT2D eigenvalue weighted by Gasteiger charge is 2.14. The molecule has 6 nitrogen and oxygen atoms in total. The van der Waals surface area contributed by atoms with Gasteiger partial charge in [0.05, 0.1) is 13.7 Å². The van der Waals surface area contributed by atoms with Gasteiger partial charge in [-0.1, -0.05) is 13.3 Å². The maximum absolute atomic E-state index is 12.4. The maximum Gasteiger partial charge on any atom is 0.251 e. The molecule has 26 heavy (non-hydrogen) atoms. The fourth-order valence-electron chi connectivity index (χ4n) is 2.93. The van der Waals surface area contributed by atoms with E-state index in [0.717, 1.165) is 52.0 Å². The molecule has 2 rings (SSSR count). The number of piperazine rings is 1. The molecule has 1 aromatic carbocycles. The van der Waals surface area contributed by atoms with Crippen LogP contribution in [0.2, 0.25) is 0 Å². The lowest BCUT2D eigenvalue weighted by atomic mass is 10.2. The molecule has 1 amide bonds. The van der Waals surface area contributed by atoms with Gasteiger partial charge in [-0.15, -0.1) is 0 Å². The molecule has 0 aliphatic carbocycles. The van der Waals surface area contributed by atoms with Gasteiger partial charge in [0.1, 0.15) is 0 Å². The van der Waals surface area contributed by atoms with Gasteiger partial charge in [0.25, 0.3) is 5.91 Å². The largest absolute Gasteiger partial charge is 0.493 e. The molecule has 1 saturated heterocycles. The second-order valence-corrected chi connectivity index (χ2v) is 6.82. The molecular formula is C20H33N3O3. The molecule has 0 spiro atoms. The number of likely N-dealkylation sites (N-methyl/N-ethyl adjacent to an activating group) is 1. The molecule has 0 bridgehead atoms. The van der Waals surface area contributed by atoms with Gasteiger partial charge in [-0.25, -0.2) is 0 Å². The maximum atomic E-state index is 12.4. The molecule has 1 aromatic rings. The summed E-state index contributed by atoms with van der Waals surface area (Å²) in [4.78, 5) is 17.2. The van der Waals surface area contributed by atoms with Crippen LogP contribution in [0, 0.1) is 0 Å². The number of benzene rings is 1. The van der Waals surface area contributed by atoms with Gasteiger partial charge in [0, 0.05) is 38.3 Å². The van der Waals surface area contributed by atoms with Gasteiger partial charge in [-0.2, -0.15) is 0 Å². The first-order valence-corrected chi connectivity index (χ1v) is 9.64. The van der Waals surface area contributed by atoms with E-state index in [1.165, 1.54) is 0 Å². The summed E-state index contributed by atoms with van der Waals surface area (Å²) in [6, 6.07) is 5.35. The Hall–Kier alpha value is -1.79. The first kappa shape index (κ1) is 20.5. The van der Waals surface area contributed by atoms with Crippen LogP contribution in [0.1, 0.15) is 36.5 Å². The van der Waals surface area contributed by atoms with Crippen molar-refractivity contribution in [3.8, 4) is 11.5 Å². The van der Waals surface area contributed by atoms with Crippen molar-refractivity contribution in [1.82, 2.24) is 15.1 Å². The van der Waals surface area contributed by atoms with Gasteiger partial charge in [-0.3, -0.25) is 4.79 Å². The Bertz CT molecular complexity index is 557. The molecule has 0 aromatic heterocycles. The van der Waals surface area contributed by atoms with Crippen molar-refractivity contribution >= 4 is 5.91 Å². The third-order valence-corrected chi connectivity index (χ3v) is 4.71. The van der Waals surface area contributed by atoms with Crippen LogP contribution < -0.4 is 14.8 Å². The number of hydrogen-bond donors (Lipinski definition) is 1. The summed E-state index contributed by atoms with van der Waals surface area (Å²) in [5.41, 5.74) is 0.601. The third kappa shape index (κ3) is 6.50. The standard InChI is InChI=1S/C20H33N3O3/c1-4-5-15-26-18-8-7-17(16-19(18)25-3)20(24)21-9-6-10-23-13-11-22(2)12-14-23/h7-8,16H,4-6,9-15H2,1-3H3,(H,21,24). The van der Waals surface area contributed by atoms with Gasteiger partial charge in [0.2, 0.25) is 0 Å². The average molecular weight is 364 g/mol. The lowest BCUT2D eigenvalue weighted by Crippen LogP contribution is -2.45. The summed E-state index contributed by atoms with van der Waals surface area (Å²) in [5.74, 6) is 1.22. The zero-order valence-electron chi connectivity index (χ0n) is 16.4. The zero-order chi connectivity index (χ0) is 18.8. The summed E-state index contributed by atoms with van der Waals surface area (Å²) in [6.07, 6.45) is 3.04. The Morgan fingerprint density at radius 2 is 1.92 bits per heavy atom. The smallest absolute Gasteiger partial charge is 0.251 e. The van der Waals surface area contributed by atoms with Crippen molar-refractivity contribution in [2.45, 2.75) is 26.2 Å². The first-order chi connectivity index (χ1) is 12.6. The Morgan fingerprint density at radius 1 is 1.15 bits per heavy atom. The summed E-state index contributed by atoms with van der Waals surface area (Å²) in [6.45, 7) is 8.96. The Labute approximate surface area is 157 Å². The number of methoxy groups -OCH3 is 1. The molecule has 0 saturated carbocycles. The quantitative estimate of drug-likeness (QED) is 0.646. The van der Waals surface area contributed by atoms with E-state index in [1.54, 1.807) is 19.2 Å². The average Bonchev–Trinajstić information content (AvgIpc) is 2.66. The minimum atomic E-state index is -0.0678. The Kier molecular flexibility index (Phi) is 8.71. The van der Waals surface area contributed by atoms with Crippen molar-refractivity contribution in [2.75, 3.05) is 60.0 Å². The predicted octanol–water partition coefficient (Wildman–Crippen LogP) is 2.24. The zero-order valence-corrected chi connectivity index (χ0v) is 16.4. The van der Waals surface area contributed by atoms with Crippen molar-refractivity contribution < 1.29 is 14.3 Å². The molecule has 1 aliphatic rings. The number of carbonyl (C=O) groups excluding carboxylic acids is 1. The van der Waals surface area contributed by atoms with Crippen molar-refractivity contribution in [3.05, 3.63) is 23.8 Å². The SMILES string of the molecule is CCCCOc1ccc(C(=O)NCCCN2CCN(C)CC2)cc1OC. The summed E-state index contributed by atoms with van der Waals surface area (Å²) in [7, 11) is 3.76. The second kappa shape index (κ2) is 11.0. The van der Waals surface area contributed by atoms with E-state index in [4.69, 9.17) is 9.47 Å². The molecule has 146 valence electrons. The monoisotopic (exact) mass is 363 g/mol. The van der Waals surface area contributed by atoms with Crippen molar-refractivity contribution in [2.24, 2.45) is 0 Å². The molecule has 6 heteroatoms. The molecule has 0 radical (unpaired) electrons. The van der Waals surface area contributed by atoms with Gasteiger partial charge in [-0.05, 0) is 44.6 Å². The number of amides is 1. The first-order valence-electron chi connectivity index (χ1n) is 9.64. The fraction of sp³-hybridized carbons (Fsp3) is 0.650. The number of hydrogen-bond acceptors (Lipinski definition) is 5. The molecule has 1 heterocycles. The second-order valence-electron chi connectivity index (χ2n) is 6.82. The number of nitrogens with one attached hydrogen (secondary N) is 1. The van der Waals surface area contributed by atoms with Crippen LogP contribution >= 0.6 is 0 Å². The van der Waals surface area contributed by atoms with Crippen LogP contribution in [-0.4, -0.2) is 75.7 Å². The summed E-state index contributed by atoms with van der Waals surface area (Å²) in [5, 5.41) is 3.00. The molecule has 1 fully saturated rings. The predicted molar refractivity (Wildman–Crippen MR) is 104 cm³/mol. The molecule has 0 unspecified atom stereocenters. The van der Waals surface area contributed by atoms with E-state index in [1.807, 2.05) is 6.07 Å². The van der Waals surface area contributed by atoms with E-state index in [-0.39, 0.29) is 5.91 Å². The van der Waals surface area contributed by atoms with E-state index in [0.29, 0.717) is 30.2 Å². The lowest BCUT2D eigenvalue weighted by molar-refractivity contribution is 0.0949. The third-order valence-electron chi connectivity index (χ3n) is 4.71. The number of rotatable bonds is 10. The van der Waals surface area contributed by atoms with Crippen LogP contribution in [0.25, 0.3) is 0 Å².